The van der Waals surface area contributed by atoms with Crippen LogP contribution in [0.4, 0.5) is 9.59 Å². The first-order valence-electron chi connectivity index (χ1n) is 14.0. The van der Waals surface area contributed by atoms with Gasteiger partial charge in [-0.3, -0.25) is 19.5 Å². The van der Waals surface area contributed by atoms with E-state index < -0.39 is 38.0 Å². The minimum atomic E-state index is -4.18. The van der Waals surface area contributed by atoms with E-state index in [0.29, 0.717) is 12.8 Å². The Morgan fingerprint density at radius 3 is 1.59 bits per heavy atom. The second kappa shape index (κ2) is 19.9. The lowest BCUT2D eigenvalue weighted by molar-refractivity contribution is -0.140. The predicted molar refractivity (Wildman–Crippen MR) is 159 cm³/mol. The van der Waals surface area contributed by atoms with Crippen molar-refractivity contribution in [2.75, 3.05) is 46.7 Å². The van der Waals surface area contributed by atoms with E-state index in [2.05, 4.69) is 5.09 Å². The van der Waals surface area contributed by atoms with Crippen LogP contribution in [0, 0.1) is 5.41 Å². The van der Waals surface area contributed by atoms with Gasteiger partial charge in [-0.05, 0) is 18.1 Å². The van der Waals surface area contributed by atoms with Crippen LogP contribution in [0.2, 0.25) is 0 Å². The van der Waals surface area contributed by atoms with E-state index in [1.54, 1.807) is 0 Å². The minimum Gasteiger partial charge on any atom is -0.480 e. The van der Waals surface area contributed by atoms with Crippen molar-refractivity contribution in [3.63, 3.8) is 0 Å². The summed E-state index contributed by atoms with van der Waals surface area (Å²) in [5.74, 6) is -1.71. The molecule has 0 amide bonds. The number of carbonyl (C=O) groups is 3. The molecule has 0 aromatic heterocycles. The summed E-state index contributed by atoms with van der Waals surface area (Å²) >= 11 is 0. The molecule has 14 nitrogen and oxygen atoms in total. The van der Waals surface area contributed by atoms with E-state index in [1.165, 1.54) is 14.0 Å². The quantitative estimate of drug-likeness (QED) is 0.0638. The molecule has 1 unspecified atom stereocenters. The average molecular weight is 638 g/mol. The van der Waals surface area contributed by atoms with Crippen molar-refractivity contribution < 1.29 is 52.1 Å². The summed E-state index contributed by atoms with van der Waals surface area (Å²) in [5.41, 5.74) is 2.02. The summed E-state index contributed by atoms with van der Waals surface area (Å²) in [6, 6.07) is 17.9. The first-order valence-corrected chi connectivity index (χ1v) is 15.5. The Balaban J connectivity index is 1.73. The van der Waals surface area contributed by atoms with Gasteiger partial charge >= 0.3 is 26.0 Å². The minimum absolute atomic E-state index is 0.0994. The molecule has 0 saturated carbocycles. The maximum atomic E-state index is 13.3. The third-order valence-electron chi connectivity index (χ3n) is 5.98. The molecule has 1 atom stereocenters. The molecule has 44 heavy (non-hydrogen) atoms. The smallest absolute Gasteiger partial charge is 0.480 e. The molecule has 0 aliphatic carbocycles. The lowest BCUT2D eigenvalue weighted by Crippen LogP contribution is -2.45. The van der Waals surface area contributed by atoms with E-state index in [-0.39, 0.29) is 52.5 Å². The number of nitrogens with one attached hydrogen (secondary N) is 2. The second-order valence-corrected chi connectivity index (χ2v) is 11.1. The topological polar surface area (TPSA) is 183 Å². The first kappa shape index (κ1) is 36.1. The molecule has 2 rings (SSSR count). The van der Waals surface area contributed by atoms with Crippen LogP contribution in [0.25, 0.3) is 0 Å². The van der Waals surface area contributed by atoms with Crippen LogP contribution in [-0.2, 0) is 50.2 Å². The Kier molecular flexibility index (Phi) is 16.3. The average Bonchev–Trinajstić information content (AvgIpc) is 3.01. The van der Waals surface area contributed by atoms with Crippen LogP contribution in [0.1, 0.15) is 30.9 Å². The summed E-state index contributed by atoms with van der Waals surface area (Å²) in [6.45, 7) is 1.04. The van der Waals surface area contributed by atoms with Crippen molar-refractivity contribution in [3.8, 4) is 0 Å². The summed E-state index contributed by atoms with van der Waals surface area (Å²) < 4.78 is 44.1. The Hall–Kier alpha value is -4.13. The molecule has 3 N–H and O–H groups in total. The lowest BCUT2D eigenvalue weighted by Gasteiger charge is -2.27. The van der Waals surface area contributed by atoms with E-state index in [1.807, 2.05) is 60.7 Å². The molecule has 2 aromatic carbocycles. The van der Waals surface area contributed by atoms with E-state index in [4.69, 9.17) is 33.4 Å². The number of rotatable bonds is 19. The molecule has 0 aliphatic heterocycles. The number of carboxylic acid groups (broad SMARTS) is 1. The Morgan fingerprint density at radius 1 is 0.773 bits per heavy atom. The number of hydrogen-bond acceptors (Lipinski definition) is 11. The lowest BCUT2D eigenvalue weighted by atomic mass is 10.2. The van der Waals surface area contributed by atoms with Gasteiger partial charge in [-0.15, -0.1) is 0 Å². The van der Waals surface area contributed by atoms with E-state index in [0.717, 1.165) is 16.0 Å². The molecule has 0 heterocycles. The monoisotopic (exact) mass is 637 g/mol. The van der Waals surface area contributed by atoms with Crippen molar-refractivity contribution in [1.29, 1.82) is 5.41 Å². The number of carboxylic acids is 1. The van der Waals surface area contributed by atoms with Crippen molar-refractivity contribution in [1.82, 2.24) is 9.99 Å². The largest absolute Gasteiger partial charge is 0.508 e. The van der Waals surface area contributed by atoms with Gasteiger partial charge in [0.15, 0.2) is 0 Å². The summed E-state index contributed by atoms with van der Waals surface area (Å²) in [7, 11) is -2.86. The number of nitrogens with zero attached hydrogens (tertiary/aromatic N) is 1. The molecule has 15 heteroatoms. The van der Waals surface area contributed by atoms with Crippen LogP contribution in [-0.4, -0.2) is 87.0 Å². The molecular formula is C29H40N3O11P. The fourth-order valence-electron chi connectivity index (χ4n) is 3.35. The zero-order valence-corrected chi connectivity index (χ0v) is 25.7. The van der Waals surface area contributed by atoms with Gasteiger partial charge in [0, 0.05) is 32.7 Å². The Labute approximate surface area is 256 Å². The Bertz CT molecular complexity index is 1150. The fraction of sp³-hybridized carbons (Fsp3) is 0.448. The number of benzene rings is 2. The number of ether oxygens (including phenoxy) is 4. The number of aliphatic carboxylic acids is 1. The Morgan fingerprint density at radius 2 is 1.18 bits per heavy atom. The third kappa shape index (κ3) is 14.9. The number of likely N-dealkylation sites (N-methyl/N-ethyl adjacent to an activating group) is 1. The highest BCUT2D eigenvalue weighted by Crippen LogP contribution is 2.44. The van der Waals surface area contributed by atoms with Gasteiger partial charge in [0.2, 0.25) is 5.96 Å². The predicted octanol–water partition coefficient (Wildman–Crippen LogP) is 4.63. The van der Waals surface area contributed by atoms with Gasteiger partial charge in [0.1, 0.15) is 6.04 Å². The van der Waals surface area contributed by atoms with E-state index >= 15 is 0 Å². The highest BCUT2D eigenvalue weighted by molar-refractivity contribution is 7.52. The van der Waals surface area contributed by atoms with Crippen molar-refractivity contribution >= 4 is 32.0 Å². The molecular weight excluding hydrogens is 597 g/mol. The first-order chi connectivity index (χ1) is 21.1. The zero-order valence-electron chi connectivity index (χ0n) is 24.8. The molecule has 0 aliphatic rings. The van der Waals surface area contributed by atoms with Gasteiger partial charge in [-0.2, -0.15) is 0 Å². The van der Waals surface area contributed by atoms with Gasteiger partial charge in [-0.25, -0.2) is 18.9 Å². The fourth-order valence-corrected chi connectivity index (χ4v) is 4.70. The van der Waals surface area contributed by atoms with Crippen LogP contribution in [0.5, 0.6) is 0 Å². The second-order valence-electron chi connectivity index (χ2n) is 9.32. The molecule has 0 saturated heterocycles. The molecule has 0 bridgehead atoms. The highest BCUT2D eigenvalue weighted by Gasteiger charge is 2.30. The van der Waals surface area contributed by atoms with Gasteiger partial charge in [0.25, 0.3) is 0 Å². The third-order valence-corrected chi connectivity index (χ3v) is 7.51. The van der Waals surface area contributed by atoms with Gasteiger partial charge in [0.05, 0.1) is 39.6 Å². The normalized spacial score (nSPS) is 11.6. The number of guanidine groups is 1. The number of hydrogen-bond donors (Lipinski definition) is 3. The van der Waals surface area contributed by atoms with Crippen molar-refractivity contribution in [2.45, 2.75) is 38.6 Å². The van der Waals surface area contributed by atoms with Crippen LogP contribution in [0.3, 0.4) is 0 Å². The summed E-state index contributed by atoms with van der Waals surface area (Å²) in [5, 5.41) is 19.6. The molecule has 2 aromatic rings. The van der Waals surface area contributed by atoms with E-state index in [9.17, 15) is 24.1 Å². The van der Waals surface area contributed by atoms with Crippen molar-refractivity contribution in [2.24, 2.45) is 0 Å². The SMILES string of the molecule is CC(C(=O)O)N(C)C(=N)NP(=O)(OCCCOC(=O)OCCc1ccccc1)OCCCOC(=O)OCCc1ccccc1. The molecule has 0 radical (unpaired) electrons. The molecule has 0 spiro atoms. The van der Waals surface area contributed by atoms with Crippen molar-refractivity contribution in [3.05, 3.63) is 71.8 Å². The standard InChI is InChI=1S/C29H40N3O11P/c1-23(26(33)34)32(2)27(30)31-44(37,42-19-9-17-38-28(35)40-21-15-24-11-5-3-6-12-24)43-20-10-18-39-29(36)41-22-16-25-13-7-4-8-14-25/h3-8,11-14,23H,9-10,15-22H2,1-2H3,(H,33,34)(H2,30,31,37). The highest BCUT2D eigenvalue weighted by atomic mass is 31.2. The molecule has 242 valence electrons. The van der Waals surface area contributed by atoms with Crippen LogP contribution < -0.4 is 5.09 Å². The molecule has 0 fully saturated rings. The van der Waals surface area contributed by atoms with Gasteiger partial charge < -0.3 is 29.0 Å². The van der Waals surface area contributed by atoms with Crippen LogP contribution >= 0.6 is 7.75 Å². The summed E-state index contributed by atoms with van der Waals surface area (Å²) in [6.07, 6.45) is -0.407. The van der Waals surface area contributed by atoms with Crippen LogP contribution in [0.15, 0.2) is 60.7 Å². The number of carbonyl (C=O) groups excluding carboxylic acids is 2. The zero-order chi connectivity index (χ0) is 32.2. The summed E-state index contributed by atoms with van der Waals surface area (Å²) in [4.78, 5) is 35.9. The maximum Gasteiger partial charge on any atom is 0.508 e. The maximum absolute atomic E-state index is 13.3. The van der Waals surface area contributed by atoms with Gasteiger partial charge in [-0.1, -0.05) is 60.7 Å².